The van der Waals surface area contributed by atoms with Gasteiger partial charge in [-0.2, -0.15) is 0 Å². The number of halogens is 2. The number of nitrogens with one attached hydrogen (secondary N) is 1. The lowest BCUT2D eigenvalue weighted by Gasteiger charge is -2.71. The largest absolute Gasteiger partial charge is 0.478 e. The van der Waals surface area contributed by atoms with E-state index in [1.807, 2.05) is 18.2 Å². The molecule has 5 aliphatic rings. The van der Waals surface area contributed by atoms with Crippen molar-refractivity contribution in [1.29, 1.82) is 0 Å². The SMILES string of the molecule is CC(C)C1=C2[C@H]3CC[C@@H]4[C@@]5(C)CC=C(c6ccccc6C(=O)O)C(C)(C)[C@@H]5CC[C@@]4(C)[C@]3(C)CC[C@@]2([C@@H](O)CNCCN(C)C)CC1=O.Cl.Cl. The van der Waals surface area contributed by atoms with Crippen LogP contribution >= 0.6 is 24.8 Å². The highest BCUT2D eigenvalue weighted by molar-refractivity contribution is 6.01. The van der Waals surface area contributed by atoms with Crippen molar-refractivity contribution in [1.82, 2.24) is 10.2 Å². The summed E-state index contributed by atoms with van der Waals surface area (Å²) in [5.74, 6) is 0.844. The van der Waals surface area contributed by atoms with Gasteiger partial charge in [-0.15, -0.1) is 24.8 Å². The molecule has 0 radical (unpaired) electrons. The molecule has 0 amide bonds. The number of carbonyl (C=O) groups is 2. The predicted molar refractivity (Wildman–Crippen MR) is 208 cm³/mol. The van der Waals surface area contributed by atoms with E-state index in [1.165, 1.54) is 11.1 Å². The van der Waals surface area contributed by atoms with Crippen LogP contribution in [0.25, 0.3) is 5.57 Å². The lowest BCUT2D eigenvalue weighted by molar-refractivity contribution is -0.200. The molecule has 3 N–H and O–H groups in total. The Balaban J connectivity index is 0.00000281. The van der Waals surface area contributed by atoms with E-state index in [0.29, 0.717) is 36.3 Å². The Kier molecular flexibility index (Phi) is 11.7. The molecule has 5 aliphatic carbocycles. The number of carbonyl (C=O) groups excluding carboxylic acids is 1. The molecule has 6 nitrogen and oxygen atoms in total. The maximum Gasteiger partial charge on any atom is 0.336 e. The predicted octanol–water partition coefficient (Wildman–Crippen LogP) is 8.71. The third-order valence-corrected chi connectivity index (χ3v) is 15.2. The molecule has 3 fully saturated rings. The highest BCUT2D eigenvalue weighted by Gasteiger charge is 2.70. The van der Waals surface area contributed by atoms with Crippen molar-refractivity contribution in [2.24, 2.45) is 50.7 Å². The van der Waals surface area contributed by atoms with E-state index in [-0.39, 0.29) is 58.2 Å². The fourth-order valence-electron chi connectivity index (χ4n) is 12.8. The third-order valence-electron chi connectivity index (χ3n) is 15.2. The van der Waals surface area contributed by atoms with Crippen LogP contribution in [0.2, 0.25) is 0 Å². The molecule has 8 atom stereocenters. The average molecular weight is 732 g/mol. The lowest BCUT2D eigenvalue weighted by Crippen LogP contribution is -2.64. The third kappa shape index (κ3) is 5.96. The molecule has 50 heavy (non-hydrogen) atoms. The number of hydrogen-bond acceptors (Lipinski definition) is 5. The maximum atomic E-state index is 13.9. The minimum Gasteiger partial charge on any atom is -0.478 e. The molecule has 280 valence electrons. The van der Waals surface area contributed by atoms with Crippen molar-refractivity contribution in [2.75, 3.05) is 33.7 Å². The summed E-state index contributed by atoms with van der Waals surface area (Å²) >= 11 is 0. The van der Waals surface area contributed by atoms with Crippen molar-refractivity contribution in [2.45, 2.75) is 106 Å². The molecule has 3 saturated carbocycles. The number of fused-ring (bicyclic) bond motifs is 7. The number of allylic oxidation sites excluding steroid dienone is 3. The molecule has 0 heterocycles. The van der Waals surface area contributed by atoms with Crippen LogP contribution in [0.4, 0.5) is 0 Å². The average Bonchev–Trinajstić information content (AvgIpc) is 3.32. The van der Waals surface area contributed by atoms with Gasteiger partial charge in [0.15, 0.2) is 5.78 Å². The topological polar surface area (TPSA) is 89.9 Å². The zero-order valence-electron chi connectivity index (χ0n) is 32.0. The number of Topliss-reactive ketones (excluding diaryl/α,β-unsaturated/α-hetero) is 1. The monoisotopic (exact) mass is 730 g/mol. The Hall–Kier alpha value is -1.70. The van der Waals surface area contributed by atoms with Crippen LogP contribution in [-0.4, -0.2) is 66.7 Å². The molecule has 0 aromatic heterocycles. The van der Waals surface area contributed by atoms with Gasteiger partial charge in [0.25, 0.3) is 0 Å². The minimum atomic E-state index is -0.860. The van der Waals surface area contributed by atoms with Gasteiger partial charge in [0, 0.05) is 31.5 Å². The molecular weight excluding hydrogens is 667 g/mol. The van der Waals surface area contributed by atoms with Crippen LogP contribution in [0.5, 0.6) is 0 Å². The van der Waals surface area contributed by atoms with Crippen LogP contribution < -0.4 is 5.32 Å². The minimum absolute atomic E-state index is 0. The second-order valence-electron chi connectivity index (χ2n) is 18.3. The molecular formula is C42H64Cl2N2O4. The van der Waals surface area contributed by atoms with Gasteiger partial charge >= 0.3 is 5.97 Å². The number of aromatic carboxylic acids is 1. The van der Waals surface area contributed by atoms with Crippen LogP contribution in [0, 0.1) is 50.7 Å². The quantitative estimate of drug-likeness (QED) is 0.220. The van der Waals surface area contributed by atoms with Crippen molar-refractivity contribution in [3.8, 4) is 0 Å². The van der Waals surface area contributed by atoms with E-state index in [4.69, 9.17) is 0 Å². The van der Waals surface area contributed by atoms with Gasteiger partial charge in [-0.05, 0) is 127 Å². The number of hydrogen-bond donors (Lipinski definition) is 3. The van der Waals surface area contributed by atoms with Crippen LogP contribution in [-0.2, 0) is 4.79 Å². The number of rotatable bonds is 9. The molecule has 0 aliphatic heterocycles. The van der Waals surface area contributed by atoms with Crippen LogP contribution in [0.1, 0.15) is 116 Å². The number of ketones is 1. The Morgan fingerprint density at radius 1 is 0.960 bits per heavy atom. The summed E-state index contributed by atoms with van der Waals surface area (Å²) in [7, 11) is 4.13. The highest BCUT2D eigenvalue weighted by Crippen LogP contribution is 2.77. The van der Waals surface area contributed by atoms with Gasteiger partial charge in [0.1, 0.15) is 0 Å². The number of likely N-dealkylation sites (N-methyl/N-ethyl adjacent to an activating group) is 1. The summed E-state index contributed by atoms with van der Waals surface area (Å²) in [6, 6.07) is 7.55. The van der Waals surface area contributed by atoms with Crippen molar-refractivity contribution in [3.63, 3.8) is 0 Å². The van der Waals surface area contributed by atoms with Gasteiger partial charge in [0.05, 0.1) is 11.7 Å². The molecule has 1 aromatic rings. The first-order valence-corrected chi connectivity index (χ1v) is 18.8. The van der Waals surface area contributed by atoms with Gasteiger partial charge in [-0.25, -0.2) is 4.79 Å². The Labute approximate surface area is 314 Å². The van der Waals surface area contributed by atoms with Gasteiger partial charge in [-0.1, -0.05) is 78.3 Å². The molecule has 8 heteroatoms. The molecule has 0 saturated heterocycles. The molecule has 0 unspecified atom stereocenters. The normalized spacial score (nSPS) is 36.4. The molecule has 0 bridgehead atoms. The first-order valence-electron chi connectivity index (χ1n) is 18.8. The number of carboxylic acids is 1. The smallest absolute Gasteiger partial charge is 0.336 e. The maximum absolute atomic E-state index is 13.9. The van der Waals surface area contributed by atoms with E-state index in [9.17, 15) is 19.8 Å². The van der Waals surface area contributed by atoms with Crippen LogP contribution in [0.3, 0.4) is 0 Å². The van der Waals surface area contributed by atoms with Crippen molar-refractivity contribution < 1.29 is 19.8 Å². The highest BCUT2D eigenvalue weighted by atomic mass is 35.5. The zero-order chi connectivity index (χ0) is 35.0. The van der Waals surface area contributed by atoms with Crippen molar-refractivity contribution in [3.05, 3.63) is 52.6 Å². The van der Waals surface area contributed by atoms with E-state index >= 15 is 0 Å². The zero-order valence-corrected chi connectivity index (χ0v) is 33.7. The number of benzene rings is 1. The lowest BCUT2D eigenvalue weighted by atomic mass is 9.33. The summed E-state index contributed by atoms with van der Waals surface area (Å²) in [6.45, 7) is 19.0. The van der Waals surface area contributed by atoms with Crippen molar-refractivity contribution >= 4 is 42.1 Å². The standard InChI is InChI=1S/C42H62N2O4.2ClH/c1-26(2)35-31(45)24-42(34(46)25-43-22-23-44(8)9)21-20-40(6)30(36(35)42)14-15-33-39(5)18-16-29(27-12-10-11-13-28(27)37(47)48)38(3,4)32(39)17-19-41(33,40)7;;/h10-13,16,26,30,32-34,43,46H,14-15,17-25H2,1-9H3,(H,47,48);2*1H/t30-,32+,33-,34+,39+,40-,41-,42+;;/m1../s1. The second kappa shape index (κ2) is 14.3. The van der Waals surface area contributed by atoms with E-state index in [0.717, 1.165) is 69.2 Å². The molecule has 0 spiro atoms. The van der Waals surface area contributed by atoms with Gasteiger partial charge in [-0.3, -0.25) is 4.79 Å². The summed E-state index contributed by atoms with van der Waals surface area (Å²) in [4.78, 5) is 28.4. The Bertz CT molecular complexity index is 1530. The van der Waals surface area contributed by atoms with E-state index < -0.39 is 17.5 Å². The molecule has 1 aromatic carbocycles. The summed E-state index contributed by atoms with van der Waals surface area (Å²) in [5, 5.41) is 25.6. The number of aliphatic hydroxyl groups excluding tert-OH is 1. The van der Waals surface area contributed by atoms with E-state index in [1.54, 1.807) is 6.07 Å². The van der Waals surface area contributed by atoms with E-state index in [2.05, 4.69) is 78.9 Å². The second-order valence-corrected chi connectivity index (χ2v) is 18.3. The summed E-state index contributed by atoms with van der Waals surface area (Å²) in [5.41, 5.74) is 4.44. The number of nitrogens with zero attached hydrogens (tertiary/aromatic N) is 1. The number of carboxylic acid groups (broad SMARTS) is 1. The Morgan fingerprint density at radius 2 is 1.64 bits per heavy atom. The van der Waals surface area contributed by atoms with Gasteiger partial charge in [0.2, 0.25) is 0 Å². The van der Waals surface area contributed by atoms with Gasteiger partial charge < -0.3 is 20.4 Å². The summed E-state index contributed by atoms with van der Waals surface area (Å²) in [6.07, 6.45) is 9.62. The molecule has 6 rings (SSSR count). The fraction of sp³-hybridized carbons (Fsp3) is 0.714. The Morgan fingerprint density at radius 3 is 2.28 bits per heavy atom. The fourth-order valence-corrected chi connectivity index (χ4v) is 12.8. The summed E-state index contributed by atoms with van der Waals surface area (Å²) < 4.78 is 0. The first-order chi connectivity index (χ1) is 22.5. The van der Waals surface area contributed by atoms with Crippen LogP contribution in [0.15, 0.2) is 41.5 Å². The first kappa shape index (κ1) is 41.1. The number of aliphatic hydroxyl groups is 1.